The lowest BCUT2D eigenvalue weighted by Crippen LogP contribution is -2.49. The Labute approximate surface area is 224 Å². The second-order valence-electron chi connectivity index (χ2n) is 8.86. The van der Waals surface area contributed by atoms with Gasteiger partial charge in [0.15, 0.2) is 0 Å². The van der Waals surface area contributed by atoms with Gasteiger partial charge in [-0.1, -0.05) is 48.0 Å². The van der Waals surface area contributed by atoms with E-state index >= 15 is 0 Å². The molecule has 0 saturated carbocycles. The van der Waals surface area contributed by atoms with Gasteiger partial charge in [-0.3, -0.25) is 4.90 Å². The minimum atomic E-state index is -4.41. The number of halogens is 4. The number of alkyl halides is 3. The van der Waals surface area contributed by atoms with Crippen LogP contribution >= 0.6 is 11.6 Å². The zero-order valence-electron chi connectivity index (χ0n) is 20.2. The summed E-state index contributed by atoms with van der Waals surface area (Å²) < 4.78 is 72.4. The van der Waals surface area contributed by atoms with Gasteiger partial charge in [-0.05, 0) is 47.5 Å². The van der Waals surface area contributed by atoms with Crippen LogP contribution in [0.5, 0.6) is 0 Å². The molecule has 0 radical (unpaired) electrons. The molecule has 0 amide bonds. The monoisotopic (exact) mass is 563 g/mol. The maximum absolute atomic E-state index is 13.1. The molecule has 1 atom stereocenters. The molecule has 1 fully saturated rings. The second kappa shape index (κ2) is 11.8. The lowest BCUT2D eigenvalue weighted by Gasteiger charge is -2.36. The summed E-state index contributed by atoms with van der Waals surface area (Å²) in [6.07, 6.45) is -4.82. The average Bonchev–Trinajstić information content (AvgIpc) is 2.91. The number of hydrogen-bond donors (Lipinski definition) is 0. The molecule has 1 aliphatic heterocycles. The van der Waals surface area contributed by atoms with Crippen LogP contribution in [0.15, 0.2) is 77.7 Å². The third kappa shape index (κ3) is 6.73. The first-order valence-corrected chi connectivity index (χ1v) is 13.6. The average molecular weight is 564 g/mol. The van der Waals surface area contributed by atoms with Crippen molar-refractivity contribution in [1.29, 1.82) is 5.26 Å². The third-order valence-electron chi connectivity index (χ3n) is 6.35. The summed E-state index contributed by atoms with van der Waals surface area (Å²) in [5, 5.41) is 9.88. The summed E-state index contributed by atoms with van der Waals surface area (Å²) >= 11 is 6.04. The van der Waals surface area contributed by atoms with Crippen molar-refractivity contribution in [1.82, 2.24) is 9.21 Å². The topological polar surface area (TPSA) is 73.6 Å². The highest BCUT2D eigenvalue weighted by Crippen LogP contribution is 2.30. The fourth-order valence-electron chi connectivity index (χ4n) is 4.23. The first-order chi connectivity index (χ1) is 18.1. The number of rotatable bonds is 8. The van der Waals surface area contributed by atoms with Crippen LogP contribution in [0.3, 0.4) is 0 Å². The van der Waals surface area contributed by atoms with E-state index in [2.05, 4.69) is 4.90 Å². The van der Waals surface area contributed by atoms with Crippen molar-refractivity contribution in [3.63, 3.8) is 0 Å². The van der Waals surface area contributed by atoms with Gasteiger partial charge in [-0.15, -0.1) is 0 Å². The van der Waals surface area contributed by atoms with Crippen LogP contribution in [0.25, 0.3) is 0 Å². The standard InChI is InChI=1S/C27H25ClF3N3O3S/c28-24-11-7-21(8-12-24)25(37-19-20-5-9-23(10-6-20)27(29,30)31)18-33-13-15-34(16-14-33)38(35,36)26-4-2-1-3-22(26)17-32/h1-12,25H,13-16,18-19H2. The molecular formula is C27H25ClF3N3O3S. The Balaban J connectivity index is 1.43. The largest absolute Gasteiger partial charge is 0.416 e. The molecule has 1 saturated heterocycles. The number of nitriles is 1. The van der Waals surface area contributed by atoms with Gasteiger partial charge >= 0.3 is 6.18 Å². The van der Waals surface area contributed by atoms with Crippen LogP contribution in [0, 0.1) is 11.3 Å². The number of nitrogens with zero attached hydrogens (tertiary/aromatic N) is 3. The molecular weight excluding hydrogens is 539 g/mol. The van der Waals surface area contributed by atoms with Crippen LogP contribution in [-0.2, 0) is 27.5 Å². The van der Waals surface area contributed by atoms with E-state index in [1.165, 1.54) is 28.6 Å². The minimum Gasteiger partial charge on any atom is -0.368 e. The van der Waals surface area contributed by atoms with Gasteiger partial charge in [0, 0.05) is 37.7 Å². The van der Waals surface area contributed by atoms with Crippen molar-refractivity contribution in [2.45, 2.75) is 23.8 Å². The Morgan fingerprint density at radius 3 is 2.18 bits per heavy atom. The maximum Gasteiger partial charge on any atom is 0.416 e. The van der Waals surface area contributed by atoms with Crippen molar-refractivity contribution in [3.8, 4) is 6.07 Å². The summed E-state index contributed by atoms with van der Waals surface area (Å²) in [6, 6.07) is 20.1. The number of piperazine rings is 1. The van der Waals surface area contributed by atoms with E-state index in [9.17, 15) is 26.9 Å². The third-order valence-corrected chi connectivity index (χ3v) is 8.56. The predicted octanol–water partition coefficient (Wildman–Crippen LogP) is 5.49. The van der Waals surface area contributed by atoms with Gasteiger partial charge in [-0.25, -0.2) is 8.42 Å². The van der Waals surface area contributed by atoms with Crippen LogP contribution in [-0.4, -0.2) is 50.3 Å². The molecule has 0 N–H and O–H groups in total. The van der Waals surface area contributed by atoms with Crippen LogP contribution < -0.4 is 0 Å². The molecule has 0 spiro atoms. The van der Waals surface area contributed by atoms with Gasteiger partial charge < -0.3 is 4.74 Å². The van der Waals surface area contributed by atoms with Crippen LogP contribution in [0.1, 0.15) is 28.4 Å². The Kier molecular flexibility index (Phi) is 8.75. The van der Waals surface area contributed by atoms with Crippen LogP contribution in [0.2, 0.25) is 5.02 Å². The smallest absolute Gasteiger partial charge is 0.368 e. The highest BCUT2D eigenvalue weighted by atomic mass is 35.5. The first kappa shape index (κ1) is 28.1. The molecule has 1 heterocycles. The quantitative estimate of drug-likeness (QED) is 0.362. The van der Waals surface area contributed by atoms with Crippen molar-refractivity contribution in [3.05, 3.63) is 100 Å². The molecule has 6 nitrogen and oxygen atoms in total. The van der Waals surface area contributed by atoms with Crippen molar-refractivity contribution in [2.75, 3.05) is 32.7 Å². The molecule has 3 aromatic carbocycles. The molecule has 0 aromatic heterocycles. The molecule has 3 aromatic rings. The Hall–Kier alpha value is -2.94. The SMILES string of the molecule is N#Cc1ccccc1S(=O)(=O)N1CCN(CC(OCc2ccc(C(F)(F)F)cc2)c2ccc(Cl)cc2)CC1. The molecule has 11 heteroatoms. The van der Waals surface area contributed by atoms with Crippen molar-refractivity contribution in [2.24, 2.45) is 0 Å². The summed E-state index contributed by atoms with van der Waals surface area (Å²) in [4.78, 5) is 2.07. The lowest BCUT2D eigenvalue weighted by atomic mass is 10.1. The fourth-order valence-corrected chi connectivity index (χ4v) is 5.92. The van der Waals surface area contributed by atoms with E-state index < -0.39 is 27.9 Å². The van der Waals surface area contributed by atoms with Crippen molar-refractivity contribution < 1.29 is 26.3 Å². The van der Waals surface area contributed by atoms with Gasteiger partial charge in [-0.2, -0.15) is 22.7 Å². The molecule has 4 rings (SSSR count). The zero-order valence-corrected chi connectivity index (χ0v) is 21.8. The van der Waals surface area contributed by atoms with E-state index in [1.54, 1.807) is 24.3 Å². The number of sulfonamides is 1. The van der Waals surface area contributed by atoms with E-state index in [-0.39, 0.29) is 30.2 Å². The van der Waals surface area contributed by atoms with E-state index in [0.717, 1.165) is 17.7 Å². The first-order valence-electron chi connectivity index (χ1n) is 11.8. The van der Waals surface area contributed by atoms with E-state index in [0.29, 0.717) is 30.2 Å². The molecule has 0 bridgehead atoms. The van der Waals surface area contributed by atoms with E-state index in [4.69, 9.17) is 16.3 Å². The lowest BCUT2D eigenvalue weighted by molar-refractivity contribution is -0.137. The highest BCUT2D eigenvalue weighted by molar-refractivity contribution is 7.89. The summed E-state index contributed by atoms with van der Waals surface area (Å²) in [5.74, 6) is 0. The molecule has 200 valence electrons. The number of hydrogen-bond acceptors (Lipinski definition) is 5. The molecule has 1 unspecified atom stereocenters. The molecule has 1 aliphatic rings. The number of benzene rings is 3. The van der Waals surface area contributed by atoms with Gasteiger partial charge in [0.1, 0.15) is 6.07 Å². The Morgan fingerprint density at radius 1 is 0.947 bits per heavy atom. The Bertz CT molecular complexity index is 1380. The summed E-state index contributed by atoms with van der Waals surface area (Å²) in [5.41, 5.74) is 0.832. The molecule has 38 heavy (non-hydrogen) atoms. The summed E-state index contributed by atoms with van der Waals surface area (Å²) in [7, 11) is -3.82. The van der Waals surface area contributed by atoms with Gasteiger partial charge in [0.25, 0.3) is 0 Å². The van der Waals surface area contributed by atoms with Gasteiger partial charge in [0.2, 0.25) is 10.0 Å². The normalized spacial score (nSPS) is 16.2. The van der Waals surface area contributed by atoms with Gasteiger partial charge in [0.05, 0.1) is 28.7 Å². The predicted molar refractivity (Wildman–Crippen MR) is 137 cm³/mol. The fraction of sp³-hybridized carbons (Fsp3) is 0.296. The zero-order chi connectivity index (χ0) is 27.3. The van der Waals surface area contributed by atoms with Crippen molar-refractivity contribution >= 4 is 21.6 Å². The Morgan fingerprint density at radius 2 is 1.58 bits per heavy atom. The van der Waals surface area contributed by atoms with Crippen LogP contribution in [0.4, 0.5) is 13.2 Å². The second-order valence-corrected chi connectivity index (χ2v) is 11.2. The highest BCUT2D eigenvalue weighted by Gasteiger charge is 2.32. The minimum absolute atomic E-state index is 0.00475. The molecule has 0 aliphatic carbocycles. The number of ether oxygens (including phenoxy) is 1. The summed E-state index contributed by atoms with van der Waals surface area (Å²) in [6.45, 7) is 1.93. The maximum atomic E-state index is 13.1. The van der Waals surface area contributed by atoms with E-state index in [1.807, 2.05) is 18.2 Å².